The summed E-state index contributed by atoms with van der Waals surface area (Å²) in [7, 11) is 0. The number of fused-ring (bicyclic) bond motifs is 1. The zero-order valence-corrected chi connectivity index (χ0v) is 13.7. The van der Waals surface area contributed by atoms with Gasteiger partial charge in [0.05, 0.1) is 6.04 Å². The molecule has 0 saturated heterocycles. The fraction of sp³-hybridized carbons (Fsp3) is 0.263. The van der Waals surface area contributed by atoms with E-state index >= 15 is 0 Å². The van der Waals surface area contributed by atoms with Crippen LogP contribution in [0.4, 0.5) is 5.69 Å². The highest BCUT2D eigenvalue weighted by atomic mass is 16.5. The molecule has 5 nitrogen and oxygen atoms in total. The number of ether oxygens (including phenoxy) is 1. The number of para-hydroxylation sites is 1. The smallest absolute Gasteiger partial charge is 0.261 e. The lowest BCUT2D eigenvalue weighted by Crippen LogP contribution is -2.38. The standard InChI is InChI=1S/C19H20N2O3/c1-12(14-7-5-8-16(10-14)21-13(2)22)20-19(23)18-11-15-6-3-4-9-17(15)24-18/h3-10,12,18H,11H2,1-2H3,(H,20,23)(H,21,22)/t12-,18+/m1/s1. The predicted octanol–water partition coefficient (Wildman–Crippen LogP) is 2.83. The maximum absolute atomic E-state index is 12.5. The van der Waals surface area contributed by atoms with E-state index in [1.165, 1.54) is 6.92 Å². The van der Waals surface area contributed by atoms with Crippen LogP contribution < -0.4 is 15.4 Å². The molecule has 0 bridgehead atoms. The summed E-state index contributed by atoms with van der Waals surface area (Å²) in [5.74, 6) is 0.516. The van der Waals surface area contributed by atoms with Crippen LogP contribution in [0.3, 0.4) is 0 Å². The van der Waals surface area contributed by atoms with Crippen LogP contribution in [-0.4, -0.2) is 17.9 Å². The number of anilines is 1. The van der Waals surface area contributed by atoms with Gasteiger partial charge in [-0.2, -0.15) is 0 Å². The Morgan fingerprint density at radius 2 is 1.96 bits per heavy atom. The van der Waals surface area contributed by atoms with Gasteiger partial charge in [-0.05, 0) is 36.2 Å². The number of hydrogen-bond acceptors (Lipinski definition) is 3. The molecule has 3 rings (SSSR count). The number of hydrogen-bond donors (Lipinski definition) is 2. The molecule has 0 aliphatic carbocycles. The number of benzene rings is 2. The van der Waals surface area contributed by atoms with E-state index in [0.29, 0.717) is 12.1 Å². The lowest BCUT2D eigenvalue weighted by atomic mass is 10.1. The van der Waals surface area contributed by atoms with Crippen LogP contribution in [-0.2, 0) is 16.0 Å². The molecule has 1 heterocycles. The molecule has 0 radical (unpaired) electrons. The molecule has 124 valence electrons. The normalized spacial score (nSPS) is 16.7. The molecule has 24 heavy (non-hydrogen) atoms. The van der Waals surface area contributed by atoms with Crippen molar-refractivity contribution >= 4 is 17.5 Å². The third-order valence-electron chi connectivity index (χ3n) is 4.01. The van der Waals surface area contributed by atoms with Gasteiger partial charge in [-0.1, -0.05) is 30.3 Å². The molecule has 2 amide bonds. The third kappa shape index (κ3) is 3.56. The lowest BCUT2D eigenvalue weighted by molar-refractivity contribution is -0.127. The van der Waals surface area contributed by atoms with Gasteiger partial charge in [-0.25, -0.2) is 0 Å². The van der Waals surface area contributed by atoms with Crippen molar-refractivity contribution in [2.75, 3.05) is 5.32 Å². The summed E-state index contributed by atoms with van der Waals surface area (Å²) >= 11 is 0. The van der Waals surface area contributed by atoms with E-state index in [-0.39, 0.29) is 17.9 Å². The van der Waals surface area contributed by atoms with Crippen LogP contribution in [0, 0.1) is 0 Å². The maximum atomic E-state index is 12.5. The second-order valence-corrected chi connectivity index (χ2v) is 5.96. The number of amides is 2. The van der Waals surface area contributed by atoms with Gasteiger partial charge < -0.3 is 15.4 Å². The van der Waals surface area contributed by atoms with Crippen molar-refractivity contribution in [2.24, 2.45) is 0 Å². The van der Waals surface area contributed by atoms with Crippen molar-refractivity contribution in [3.05, 3.63) is 59.7 Å². The average molecular weight is 324 g/mol. The van der Waals surface area contributed by atoms with Crippen LogP contribution >= 0.6 is 0 Å². The van der Waals surface area contributed by atoms with Gasteiger partial charge in [0, 0.05) is 19.0 Å². The van der Waals surface area contributed by atoms with E-state index in [0.717, 1.165) is 16.9 Å². The van der Waals surface area contributed by atoms with Crippen LogP contribution in [0.25, 0.3) is 0 Å². The Bertz CT molecular complexity index is 748. The maximum Gasteiger partial charge on any atom is 0.261 e. The summed E-state index contributed by atoms with van der Waals surface area (Å²) in [6, 6.07) is 15.0. The van der Waals surface area contributed by atoms with Gasteiger partial charge in [0.2, 0.25) is 5.91 Å². The minimum absolute atomic E-state index is 0.124. The van der Waals surface area contributed by atoms with E-state index in [9.17, 15) is 9.59 Å². The van der Waals surface area contributed by atoms with E-state index in [2.05, 4.69) is 10.6 Å². The molecule has 5 heteroatoms. The number of carbonyl (C=O) groups is 2. The van der Waals surface area contributed by atoms with Gasteiger partial charge in [0.15, 0.2) is 6.10 Å². The molecule has 2 aromatic rings. The third-order valence-corrected chi connectivity index (χ3v) is 4.01. The first-order chi connectivity index (χ1) is 11.5. The molecule has 0 spiro atoms. The van der Waals surface area contributed by atoms with Crippen LogP contribution in [0.2, 0.25) is 0 Å². The summed E-state index contributed by atoms with van der Waals surface area (Å²) in [5, 5.41) is 5.72. The predicted molar refractivity (Wildman–Crippen MR) is 91.9 cm³/mol. The lowest BCUT2D eigenvalue weighted by Gasteiger charge is -2.18. The van der Waals surface area contributed by atoms with E-state index in [4.69, 9.17) is 4.74 Å². The van der Waals surface area contributed by atoms with E-state index in [1.54, 1.807) is 0 Å². The summed E-state index contributed by atoms with van der Waals surface area (Å²) in [6.07, 6.45) is 0.0871. The Morgan fingerprint density at radius 1 is 1.17 bits per heavy atom. The second-order valence-electron chi connectivity index (χ2n) is 5.96. The SMILES string of the molecule is CC(=O)Nc1cccc([C@@H](C)NC(=O)[C@@H]2Cc3ccccc3O2)c1. The average Bonchev–Trinajstić information content (AvgIpc) is 2.98. The van der Waals surface area contributed by atoms with Crippen molar-refractivity contribution in [3.63, 3.8) is 0 Å². The number of nitrogens with one attached hydrogen (secondary N) is 2. The van der Waals surface area contributed by atoms with Gasteiger partial charge in [-0.3, -0.25) is 9.59 Å². The van der Waals surface area contributed by atoms with Gasteiger partial charge in [0.25, 0.3) is 5.91 Å². The first kappa shape index (κ1) is 16.1. The molecule has 2 aromatic carbocycles. The molecule has 0 fully saturated rings. The van der Waals surface area contributed by atoms with E-state index < -0.39 is 6.10 Å². The number of carbonyl (C=O) groups excluding carboxylic acids is 2. The van der Waals surface area contributed by atoms with Crippen LogP contribution in [0.5, 0.6) is 5.75 Å². The first-order valence-electron chi connectivity index (χ1n) is 7.95. The highest BCUT2D eigenvalue weighted by Crippen LogP contribution is 2.28. The zero-order valence-electron chi connectivity index (χ0n) is 13.7. The van der Waals surface area contributed by atoms with Gasteiger partial charge in [0.1, 0.15) is 5.75 Å². The molecular weight excluding hydrogens is 304 g/mol. The van der Waals surface area contributed by atoms with Crippen molar-refractivity contribution in [1.29, 1.82) is 0 Å². The summed E-state index contributed by atoms with van der Waals surface area (Å²) in [6.45, 7) is 3.37. The van der Waals surface area contributed by atoms with Crippen molar-refractivity contribution < 1.29 is 14.3 Å². The summed E-state index contributed by atoms with van der Waals surface area (Å²) in [4.78, 5) is 23.6. The topological polar surface area (TPSA) is 67.4 Å². The first-order valence-corrected chi connectivity index (χ1v) is 7.95. The quantitative estimate of drug-likeness (QED) is 0.909. The fourth-order valence-corrected chi connectivity index (χ4v) is 2.81. The minimum Gasteiger partial charge on any atom is -0.480 e. The van der Waals surface area contributed by atoms with Crippen molar-refractivity contribution in [1.82, 2.24) is 5.32 Å². The molecule has 0 aromatic heterocycles. The Kier molecular flexibility index (Phi) is 4.51. The molecule has 2 N–H and O–H groups in total. The molecule has 1 aliphatic heterocycles. The summed E-state index contributed by atoms with van der Waals surface area (Å²) < 4.78 is 5.71. The monoisotopic (exact) mass is 324 g/mol. The molecule has 2 atom stereocenters. The van der Waals surface area contributed by atoms with Crippen LogP contribution in [0.15, 0.2) is 48.5 Å². The molecule has 0 unspecified atom stereocenters. The fourth-order valence-electron chi connectivity index (χ4n) is 2.81. The molecule has 1 aliphatic rings. The highest BCUT2D eigenvalue weighted by molar-refractivity contribution is 5.88. The largest absolute Gasteiger partial charge is 0.480 e. The molecule has 0 saturated carbocycles. The Balaban J connectivity index is 1.64. The van der Waals surface area contributed by atoms with Crippen molar-refractivity contribution in [3.8, 4) is 5.75 Å². The van der Waals surface area contributed by atoms with Crippen molar-refractivity contribution in [2.45, 2.75) is 32.4 Å². The van der Waals surface area contributed by atoms with Gasteiger partial charge in [-0.15, -0.1) is 0 Å². The Morgan fingerprint density at radius 3 is 2.71 bits per heavy atom. The van der Waals surface area contributed by atoms with Crippen LogP contribution in [0.1, 0.15) is 31.0 Å². The Hall–Kier alpha value is -2.82. The Labute approximate surface area is 141 Å². The number of rotatable bonds is 4. The highest BCUT2D eigenvalue weighted by Gasteiger charge is 2.29. The summed E-state index contributed by atoms with van der Waals surface area (Å²) in [5.41, 5.74) is 2.69. The zero-order chi connectivity index (χ0) is 17.1. The van der Waals surface area contributed by atoms with Gasteiger partial charge >= 0.3 is 0 Å². The molecular formula is C19H20N2O3. The minimum atomic E-state index is -0.497. The van der Waals surface area contributed by atoms with E-state index in [1.807, 2.05) is 55.5 Å². The second kappa shape index (κ2) is 6.74.